The third kappa shape index (κ3) is 3.08. The zero-order chi connectivity index (χ0) is 10.7. The summed E-state index contributed by atoms with van der Waals surface area (Å²) in [5.74, 6) is 1.54. The smallest absolute Gasteiger partial charge is 0.150 e. The van der Waals surface area contributed by atoms with E-state index >= 15 is 0 Å². The van der Waals surface area contributed by atoms with Gasteiger partial charge < -0.3 is 0 Å². The van der Waals surface area contributed by atoms with Crippen LogP contribution in [0.3, 0.4) is 0 Å². The van der Waals surface area contributed by atoms with Crippen LogP contribution in [0.2, 0.25) is 0 Å². The second-order valence-corrected chi connectivity index (χ2v) is 6.00. The standard InChI is InChI=1S/C12H13BrOS/c13-10-5-3-9(4-6-10)8-11(14)12-2-1-7-15-12/h3-6,12H,1-2,7-8H2. The molecule has 3 heteroatoms. The van der Waals surface area contributed by atoms with E-state index in [0.29, 0.717) is 12.2 Å². The van der Waals surface area contributed by atoms with Gasteiger partial charge in [-0.2, -0.15) is 11.8 Å². The van der Waals surface area contributed by atoms with Gasteiger partial charge in [-0.05, 0) is 36.3 Å². The van der Waals surface area contributed by atoms with Crippen molar-refractivity contribution in [2.75, 3.05) is 5.75 Å². The molecule has 0 aliphatic carbocycles. The van der Waals surface area contributed by atoms with Crippen LogP contribution in [0.5, 0.6) is 0 Å². The average Bonchev–Trinajstić information content (AvgIpc) is 2.74. The molecule has 0 radical (unpaired) electrons. The van der Waals surface area contributed by atoms with Crippen molar-refractivity contribution < 1.29 is 4.79 Å². The number of hydrogen-bond donors (Lipinski definition) is 0. The van der Waals surface area contributed by atoms with E-state index in [1.165, 1.54) is 6.42 Å². The van der Waals surface area contributed by atoms with E-state index in [1.807, 2.05) is 36.0 Å². The highest BCUT2D eigenvalue weighted by Gasteiger charge is 2.22. The number of Topliss-reactive ketones (excluding diaryl/α,β-unsaturated/α-hetero) is 1. The molecule has 1 heterocycles. The van der Waals surface area contributed by atoms with Gasteiger partial charge in [0.25, 0.3) is 0 Å². The molecule has 1 aromatic rings. The lowest BCUT2D eigenvalue weighted by Crippen LogP contribution is -2.16. The van der Waals surface area contributed by atoms with E-state index in [4.69, 9.17) is 0 Å². The molecule has 2 rings (SSSR count). The van der Waals surface area contributed by atoms with Crippen molar-refractivity contribution in [2.45, 2.75) is 24.5 Å². The molecule has 0 saturated carbocycles. The molecule has 1 aromatic carbocycles. The Morgan fingerprint density at radius 3 is 2.73 bits per heavy atom. The summed E-state index contributed by atoms with van der Waals surface area (Å²) in [4.78, 5) is 11.9. The summed E-state index contributed by atoms with van der Waals surface area (Å²) in [6.45, 7) is 0. The Balaban J connectivity index is 1.96. The van der Waals surface area contributed by atoms with Gasteiger partial charge in [-0.1, -0.05) is 28.1 Å². The number of ketones is 1. The molecular weight excluding hydrogens is 272 g/mol. The molecule has 0 N–H and O–H groups in total. The second kappa shape index (κ2) is 5.17. The first-order chi connectivity index (χ1) is 7.25. The Hall–Kier alpha value is -0.280. The van der Waals surface area contributed by atoms with Gasteiger partial charge >= 0.3 is 0 Å². The van der Waals surface area contributed by atoms with Crippen molar-refractivity contribution in [2.24, 2.45) is 0 Å². The monoisotopic (exact) mass is 284 g/mol. The van der Waals surface area contributed by atoms with E-state index < -0.39 is 0 Å². The van der Waals surface area contributed by atoms with E-state index in [2.05, 4.69) is 15.9 Å². The average molecular weight is 285 g/mol. The van der Waals surface area contributed by atoms with Gasteiger partial charge in [0.1, 0.15) is 5.78 Å². The molecule has 1 atom stereocenters. The Labute approximate surface area is 103 Å². The number of benzene rings is 1. The van der Waals surface area contributed by atoms with Crippen LogP contribution in [0.1, 0.15) is 18.4 Å². The van der Waals surface area contributed by atoms with Crippen molar-refractivity contribution in [3.05, 3.63) is 34.3 Å². The van der Waals surface area contributed by atoms with Crippen LogP contribution in [-0.2, 0) is 11.2 Å². The third-order valence-corrected chi connectivity index (χ3v) is 4.53. The predicted molar refractivity (Wildman–Crippen MR) is 68.3 cm³/mol. The van der Waals surface area contributed by atoms with Gasteiger partial charge in [-0.15, -0.1) is 0 Å². The molecule has 0 bridgehead atoms. The van der Waals surface area contributed by atoms with E-state index in [1.54, 1.807) is 0 Å². The summed E-state index contributed by atoms with van der Waals surface area (Å²) in [5, 5.41) is 0.258. The van der Waals surface area contributed by atoms with Gasteiger partial charge in [0.05, 0.1) is 5.25 Å². The highest BCUT2D eigenvalue weighted by Crippen LogP contribution is 2.27. The number of thioether (sulfide) groups is 1. The quantitative estimate of drug-likeness (QED) is 0.846. The largest absolute Gasteiger partial charge is 0.298 e. The second-order valence-electron chi connectivity index (χ2n) is 3.77. The zero-order valence-electron chi connectivity index (χ0n) is 8.41. The normalized spacial score (nSPS) is 20.5. The van der Waals surface area contributed by atoms with Gasteiger partial charge in [0.2, 0.25) is 0 Å². The molecule has 1 aliphatic rings. The van der Waals surface area contributed by atoms with Crippen molar-refractivity contribution in [1.82, 2.24) is 0 Å². The summed E-state index contributed by atoms with van der Waals surface area (Å²) in [5.41, 5.74) is 1.12. The van der Waals surface area contributed by atoms with Crippen molar-refractivity contribution in [1.29, 1.82) is 0 Å². The van der Waals surface area contributed by atoms with E-state index in [0.717, 1.165) is 22.2 Å². The Morgan fingerprint density at radius 1 is 1.40 bits per heavy atom. The molecule has 1 aliphatic heterocycles. The lowest BCUT2D eigenvalue weighted by molar-refractivity contribution is -0.117. The van der Waals surface area contributed by atoms with Gasteiger partial charge in [0, 0.05) is 10.9 Å². The van der Waals surface area contributed by atoms with E-state index in [9.17, 15) is 4.79 Å². The topological polar surface area (TPSA) is 17.1 Å². The molecule has 1 unspecified atom stereocenters. The van der Waals surface area contributed by atoms with Crippen LogP contribution in [0.4, 0.5) is 0 Å². The summed E-state index contributed by atoms with van der Waals surface area (Å²) >= 11 is 5.20. The molecule has 80 valence electrons. The SMILES string of the molecule is O=C(Cc1ccc(Br)cc1)C1CCCS1. The Kier molecular flexibility index (Phi) is 3.87. The van der Waals surface area contributed by atoms with Crippen LogP contribution in [0.25, 0.3) is 0 Å². The number of hydrogen-bond acceptors (Lipinski definition) is 2. The lowest BCUT2D eigenvalue weighted by Gasteiger charge is -2.07. The number of carbonyl (C=O) groups excluding carboxylic acids is 1. The molecule has 15 heavy (non-hydrogen) atoms. The van der Waals surface area contributed by atoms with Crippen LogP contribution >= 0.6 is 27.7 Å². The van der Waals surface area contributed by atoms with Crippen LogP contribution in [0, 0.1) is 0 Å². The number of halogens is 1. The van der Waals surface area contributed by atoms with Gasteiger partial charge in [-0.25, -0.2) is 0 Å². The molecule has 0 spiro atoms. The highest BCUT2D eigenvalue weighted by molar-refractivity contribution is 9.10. The molecule has 1 fully saturated rings. The first kappa shape index (κ1) is 11.2. The summed E-state index contributed by atoms with van der Waals surface area (Å²) in [6.07, 6.45) is 2.85. The van der Waals surface area contributed by atoms with Gasteiger partial charge in [0.15, 0.2) is 0 Å². The number of carbonyl (C=O) groups is 1. The fourth-order valence-electron chi connectivity index (χ4n) is 1.75. The third-order valence-electron chi connectivity index (χ3n) is 2.58. The Morgan fingerprint density at radius 2 is 2.13 bits per heavy atom. The maximum absolute atomic E-state index is 11.9. The fourth-order valence-corrected chi connectivity index (χ4v) is 3.23. The first-order valence-corrected chi connectivity index (χ1v) is 6.98. The van der Waals surface area contributed by atoms with Crippen LogP contribution < -0.4 is 0 Å². The summed E-state index contributed by atoms with van der Waals surface area (Å²) in [6, 6.07) is 8.01. The predicted octanol–water partition coefficient (Wildman–Crippen LogP) is 3.46. The van der Waals surface area contributed by atoms with E-state index in [-0.39, 0.29) is 5.25 Å². The van der Waals surface area contributed by atoms with Gasteiger partial charge in [-0.3, -0.25) is 4.79 Å². The molecule has 1 nitrogen and oxygen atoms in total. The minimum absolute atomic E-state index is 0.258. The minimum Gasteiger partial charge on any atom is -0.298 e. The van der Waals surface area contributed by atoms with Crippen molar-refractivity contribution in [3.8, 4) is 0 Å². The van der Waals surface area contributed by atoms with Crippen molar-refractivity contribution in [3.63, 3.8) is 0 Å². The molecule has 0 aromatic heterocycles. The number of rotatable bonds is 3. The van der Waals surface area contributed by atoms with Crippen LogP contribution in [-0.4, -0.2) is 16.8 Å². The highest BCUT2D eigenvalue weighted by atomic mass is 79.9. The summed E-state index contributed by atoms with van der Waals surface area (Å²) < 4.78 is 1.06. The summed E-state index contributed by atoms with van der Waals surface area (Å²) in [7, 11) is 0. The molecular formula is C12H13BrOS. The fraction of sp³-hybridized carbons (Fsp3) is 0.417. The lowest BCUT2D eigenvalue weighted by atomic mass is 10.1. The maximum Gasteiger partial charge on any atom is 0.150 e. The zero-order valence-corrected chi connectivity index (χ0v) is 10.8. The first-order valence-electron chi connectivity index (χ1n) is 5.14. The molecule has 0 amide bonds. The molecule has 1 saturated heterocycles. The Bertz CT molecular complexity index is 341. The van der Waals surface area contributed by atoms with Crippen molar-refractivity contribution >= 4 is 33.5 Å². The maximum atomic E-state index is 11.9. The minimum atomic E-state index is 0.258. The van der Waals surface area contributed by atoms with Crippen LogP contribution in [0.15, 0.2) is 28.7 Å².